The quantitative estimate of drug-likeness (QED) is 0.328. The maximum atomic E-state index is 13.5. The van der Waals surface area contributed by atoms with Gasteiger partial charge in [-0.05, 0) is 18.1 Å². The number of benzene rings is 3. The molecule has 0 fully saturated rings. The van der Waals surface area contributed by atoms with Crippen molar-refractivity contribution < 1.29 is 32.7 Å². The summed E-state index contributed by atoms with van der Waals surface area (Å²) in [4.78, 5) is 24.8. The van der Waals surface area contributed by atoms with E-state index in [1.54, 1.807) is 18.2 Å². The van der Waals surface area contributed by atoms with Gasteiger partial charge >= 0.3 is 11.9 Å². The Bertz CT molecular complexity index is 1190. The van der Waals surface area contributed by atoms with Gasteiger partial charge in [-0.1, -0.05) is 49.4 Å². The summed E-state index contributed by atoms with van der Waals surface area (Å²) in [5, 5.41) is 0.783. The normalized spacial score (nSPS) is 11.6. The highest BCUT2D eigenvalue weighted by molar-refractivity contribution is 7.84. The summed E-state index contributed by atoms with van der Waals surface area (Å²) >= 11 is 0. The Kier molecular flexibility index (Phi) is 8.06. The summed E-state index contributed by atoms with van der Waals surface area (Å²) in [5.74, 6) is -0.424. The molecule has 8 heteroatoms. The van der Waals surface area contributed by atoms with Crippen molar-refractivity contribution in [3.63, 3.8) is 0 Å². The molecule has 1 atom stereocenters. The topological polar surface area (TPSA) is 88.1 Å². The summed E-state index contributed by atoms with van der Waals surface area (Å²) in [6, 6.07) is 14.5. The fraction of sp³-hybridized carbons (Fsp3) is 0.280. The van der Waals surface area contributed by atoms with Gasteiger partial charge in [-0.15, -0.1) is 0 Å². The number of ether oxygens (including phenoxy) is 4. The van der Waals surface area contributed by atoms with E-state index in [9.17, 15) is 13.8 Å². The van der Waals surface area contributed by atoms with Crippen LogP contribution in [0.1, 0.15) is 32.3 Å². The predicted octanol–water partition coefficient (Wildman–Crippen LogP) is 4.80. The molecule has 0 aliphatic carbocycles. The molecule has 3 aromatic carbocycles. The Labute approximate surface area is 195 Å². The number of carbonyl (C=O) groups is 2. The molecule has 0 N–H and O–H groups in total. The summed E-state index contributed by atoms with van der Waals surface area (Å²) in [6.07, 6.45) is 0.780. The largest absolute Gasteiger partial charge is 0.490 e. The second-order valence-corrected chi connectivity index (χ2v) is 8.62. The van der Waals surface area contributed by atoms with Crippen LogP contribution < -0.4 is 18.9 Å². The van der Waals surface area contributed by atoms with Gasteiger partial charge in [0.15, 0.2) is 11.5 Å². The van der Waals surface area contributed by atoms with Crippen LogP contribution >= 0.6 is 0 Å². The molecule has 0 saturated heterocycles. The van der Waals surface area contributed by atoms with E-state index in [1.165, 1.54) is 21.1 Å². The standard InChI is InChI=1S/C25H26O7S/c1-5-10-20(27)32-23-21-18(22(31-16(2)26)24(29-3)25(23)30-4)13-9-14-19(21)33(28)15-17-11-7-6-8-12-17/h6-9,11-14H,5,10,15H2,1-4H3. The molecule has 3 rings (SSSR count). The van der Waals surface area contributed by atoms with Gasteiger partial charge in [-0.25, -0.2) is 0 Å². The van der Waals surface area contributed by atoms with Crippen molar-refractivity contribution in [3.05, 3.63) is 54.1 Å². The second-order valence-electron chi connectivity index (χ2n) is 7.20. The first-order valence-corrected chi connectivity index (χ1v) is 11.7. The van der Waals surface area contributed by atoms with Crippen LogP contribution in [-0.4, -0.2) is 30.4 Å². The van der Waals surface area contributed by atoms with E-state index in [0.717, 1.165) is 5.56 Å². The minimum atomic E-state index is -1.51. The average molecular weight is 471 g/mol. The Morgan fingerprint density at radius 2 is 1.52 bits per heavy atom. The summed E-state index contributed by atoms with van der Waals surface area (Å²) < 4.78 is 35.7. The molecule has 0 amide bonds. The number of hydrogen-bond acceptors (Lipinski definition) is 7. The molecule has 0 aliphatic rings. The van der Waals surface area contributed by atoms with Crippen LogP contribution in [0.2, 0.25) is 0 Å². The fourth-order valence-electron chi connectivity index (χ4n) is 3.47. The molecule has 1 unspecified atom stereocenters. The van der Waals surface area contributed by atoms with E-state index in [-0.39, 0.29) is 35.2 Å². The lowest BCUT2D eigenvalue weighted by Gasteiger charge is -2.20. The number of methoxy groups -OCH3 is 2. The van der Waals surface area contributed by atoms with Crippen LogP contribution in [0.4, 0.5) is 0 Å². The Hall–Kier alpha value is -3.39. The first-order valence-electron chi connectivity index (χ1n) is 10.4. The van der Waals surface area contributed by atoms with Crippen LogP contribution in [-0.2, 0) is 26.1 Å². The number of esters is 2. The van der Waals surface area contributed by atoms with Crippen molar-refractivity contribution in [2.45, 2.75) is 37.3 Å². The molecule has 33 heavy (non-hydrogen) atoms. The van der Waals surface area contributed by atoms with Crippen LogP contribution in [0.5, 0.6) is 23.0 Å². The van der Waals surface area contributed by atoms with Crippen LogP contribution in [0, 0.1) is 0 Å². The number of hydrogen-bond donors (Lipinski definition) is 0. The maximum Gasteiger partial charge on any atom is 0.311 e. The van der Waals surface area contributed by atoms with Crippen LogP contribution in [0.25, 0.3) is 10.8 Å². The average Bonchev–Trinajstić information content (AvgIpc) is 2.80. The zero-order valence-electron chi connectivity index (χ0n) is 19.0. The van der Waals surface area contributed by atoms with Crippen molar-refractivity contribution in [3.8, 4) is 23.0 Å². The number of fused-ring (bicyclic) bond motifs is 1. The fourth-order valence-corrected chi connectivity index (χ4v) is 4.78. The molecule has 0 radical (unpaired) electrons. The highest BCUT2D eigenvalue weighted by atomic mass is 32.2. The van der Waals surface area contributed by atoms with Gasteiger partial charge < -0.3 is 18.9 Å². The molecular formula is C25H26O7S. The molecule has 0 saturated carbocycles. The van der Waals surface area contributed by atoms with E-state index in [2.05, 4.69) is 0 Å². The first-order chi connectivity index (χ1) is 15.9. The van der Waals surface area contributed by atoms with Crippen LogP contribution in [0.3, 0.4) is 0 Å². The van der Waals surface area contributed by atoms with Gasteiger partial charge in [0, 0.05) is 24.1 Å². The Morgan fingerprint density at radius 3 is 2.12 bits per heavy atom. The lowest BCUT2D eigenvalue weighted by molar-refractivity contribution is -0.134. The zero-order valence-corrected chi connectivity index (χ0v) is 19.8. The predicted molar refractivity (Wildman–Crippen MR) is 125 cm³/mol. The Morgan fingerprint density at radius 1 is 0.848 bits per heavy atom. The minimum Gasteiger partial charge on any atom is -0.490 e. The molecule has 0 bridgehead atoms. The van der Waals surface area contributed by atoms with Gasteiger partial charge in [0.05, 0.1) is 35.7 Å². The highest BCUT2D eigenvalue weighted by Crippen LogP contribution is 2.52. The van der Waals surface area contributed by atoms with Gasteiger partial charge in [-0.3, -0.25) is 13.8 Å². The van der Waals surface area contributed by atoms with E-state index in [0.29, 0.717) is 22.1 Å². The number of rotatable bonds is 9. The lowest BCUT2D eigenvalue weighted by atomic mass is 10.1. The molecule has 174 valence electrons. The third-order valence-corrected chi connectivity index (χ3v) is 6.25. The SMILES string of the molecule is CCCC(=O)Oc1c(OC)c(OC)c(OC(C)=O)c2cccc(S(=O)Cc3ccccc3)c12. The molecule has 0 aliphatic heterocycles. The first kappa shape index (κ1) is 24.3. The monoisotopic (exact) mass is 470 g/mol. The molecular weight excluding hydrogens is 444 g/mol. The van der Waals surface area contributed by atoms with Crippen molar-refractivity contribution >= 4 is 33.5 Å². The second kappa shape index (κ2) is 11.0. The minimum absolute atomic E-state index is 0.0786. The molecule has 0 spiro atoms. The molecule has 0 heterocycles. The summed E-state index contributed by atoms with van der Waals surface area (Å²) in [7, 11) is 1.28. The van der Waals surface area contributed by atoms with Gasteiger partial charge in [-0.2, -0.15) is 0 Å². The van der Waals surface area contributed by atoms with E-state index >= 15 is 0 Å². The summed E-state index contributed by atoms with van der Waals surface area (Å²) in [5.41, 5.74) is 0.887. The van der Waals surface area contributed by atoms with Crippen molar-refractivity contribution in [2.75, 3.05) is 14.2 Å². The number of carbonyl (C=O) groups excluding carboxylic acids is 2. The Balaban J connectivity index is 2.32. The zero-order chi connectivity index (χ0) is 24.0. The van der Waals surface area contributed by atoms with Gasteiger partial charge in [0.1, 0.15) is 0 Å². The third-order valence-electron chi connectivity index (χ3n) is 4.83. The molecule has 3 aromatic rings. The van der Waals surface area contributed by atoms with Crippen LogP contribution in [0.15, 0.2) is 53.4 Å². The lowest BCUT2D eigenvalue weighted by Crippen LogP contribution is -2.11. The summed E-state index contributed by atoms with van der Waals surface area (Å²) in [6.45, 7) is 3.13. The van der Waals surface area contributed by atoms with E-state index in [4.69, 9.17) is 18.9 Å². The van der Waals surface area contributed by atoms with E-state index in [1.807, 2.05) is 37.3 Å². The maximum absolute atomic E-state index is 13.5. The highest BCUT2D eigenvalue weighted by Gasteiger charge is 2.29. The van der Waals surface area contributed by atoms with Crippen molar-refractivity contribution in [1.82, 2.24) is 0 Å². The molecule has 0 aromatic heterocycles. The molecule has 7 nitrogen and oxygen atoms in total. The van der Waals surface area contributed by atoms with Crippen molar-refractivity contribution in [2.24, 2.45) is 0 Å². The van der Waals surface area contributed by atoms with Gasteiger partial charge in [0.2, 0.25) is 11.5 Å². The third kappa shape index (κ3) is 5.34. The smallest absolute Gasteiger partial charge is 0.311 e. The van der Waals surface area contributed by atoms with Crippen molar-refractivity contribution in [1.29, 1.82) is 0 Å². The van der Waals surface area contributed by atoms with E-state index < -0.39 is 22.7 Å². The van der Waals surface area contributed by atoms with Gasteiger partial charge in [0.25, 0.3) is 0 Å².